The van der Waals surface area contributed by atoms with E-state index in [4.69, 9.17) is 15.2 Å². The molecule has 0 spiro atoms. The van der Waals surface area contributed by atoms with Crippen LogP contribution in [0.3, 0.4) is 0 Å². The predicted molar refractivity (Wildman–Crippen MR) is 117 cm³/mol. The Kier molecular flexibility index (Phi) is 9.23. The molecule has 32 heavy (non-hydrogen) atoms. The number of alkyl carbamates (subject to hydrolysis) is 1. The first kappa shape index (κ1) is 26.5. The fourth-order valence-electron chi connectivity index (χ4n) is 2.14. The van der Waals surface area contributed by atoms with Gasteiger partial charge in [-0.1, -0.05) is 0 Å². The van der Waals surface area contributed by atoms with Gasteiger partial charge >= 0.3 is 12.2 Å². The number of guanidine groups is 1. The van der Waals surface area contributed by atoms with E-state index in [9.17, 15) is 19.2 Å². The number of aromatic amines is 1. The molecule has 178 valence electrons. The highest BCUT2D eigenvalue weighted by atomic mass is 16.6. The quantitative estimate of drug-likeness (QED) is 0.247. The third-order valence-electron chi connectivity index (χ3n) is 3.33. The van der Waals surface area contributed by atoms with Gasteiger partial charge in [-0.3, -0.25) is 14.9 Å². The van der Waals surface area contributed by atoms with Crippen LogP contribution >= 0.6 is 0 Å². The van der Waals surface area contributed by atoms with Crippen LogP contribution in [0.15, 0.2) is 17.1 Å². The molecule has 0 bridgehead atoms. The molecule has 0 fully saturated rings. The van der Waals surface area contributed by atoms with Gasteiger partial charge in [-0.2, -0.15) is 0 Å². The number of rotatable bonds is 6. The highest BCUT2D eigenvalue weighted by molar-refractivity contribution is 6.07. The molecule has 1 aromatic rings. The van der Waals surface area contributed by atoms with Crippen molar-refractivity contribution in [2.45, 2.75) is 59.2 Å². The van der Waals surface area contributed by atoms with Crippen molar-refractivity contribution >= 4 is 30.0 Å². The summed E-state index contributed by atoms with van der Waals surface area (Å²) in [6.07, 6.45) is -0.988. The number of hydrogen-bond donors (Lipinski definition) is 5. The molecule has 1 aromatic heterocycles. The van der Waals surface area contributed by atoms with E-state index in [1.165, 1.54) is 12.1 Å². The van der Waals surface area contributed by atoms with Gasteiger partial charge in [0.1, 0.15) is 22.6 Å². The topological polar surface area (TPSA) is 177 Å². The summed E-state index contributed by atoms with van der Waals surface area (Å²) in [6, 6.07) is 2.81. The van der Waals surface area contributed by atoms with Crippen LogP contribution in [0.5, 0.6) is 0 Å². The number of carbonyl (C=O) groups is 4. The van der Waals surface area contributed by atoms with Gasteiger partial charge in [-0.25, -0.2) is 9.59 Å². The predicted octanol–water partition coefficient (Wildman–Crippen LogP) is 1.64. The summed E-state index contributed by atoms with van der Waals surface area (Å²) in [5.74, 6) is -1.56. The second kappa shape index (κ2) is 11.2. The van der Waals surface area contributed by atoms with E-state index in [0.29, 0.717) is 19.5 Å². The molecule has 1 rings (SSSR count). The summed E-state index contributed by atoms with van der Waals surface area (Å²) in [7, 11) is 0. The molecule has 0 aliphatic heterocycles. The van der Waals surface area contributed by atoms with E-state index in [-0.39, 0.29) is 11.4 Å². The van der Waals surface area contributed by atoms with Crippen LogP contribution in [0, 0.1) is 0 Å². The van der Waals surface area contributed by atoms with Gasteiger partial charge in [0, 0.05) is 13.1 Å². The second-order valence-corrected chi connectivity index (χ2v) is 8.76. The van der Waals surface area contributed by atoms with Crippen LogP contribution in [-0.4, -0.2) is 59.2 Å². The molecule has 0 aliphatic carbocycles. The molecule has 12 heteroatoms. The molecule has 0 unspecified atom stereocenters. The smallest absolute Gasteiger partial charge is 0.437 e. The molecule has 0 aromatic carbocycles. The van der Waals surface area contributed by atoms with Crippen LogP contribution < -0.4 is 21.7 Å². The van der Waals surface area contributed by atoms with Crippen molar-refractivity contribution in [1.82, 2.24) is 20.9 Å². The summed E-state index contributed by atoms with van der Waals surface area (Å²) in [5, 5.41) is 7.47. The van der Waals surface area contributed by atoms with Crippen molar-refractivity contribution in [3.05, 3.63) is 23.5 Å². The molecule has 0 saturated heterocycles. The van der Waals surface area contributed by atoms with E-state index >= 15 is 0 Å². The normalized spacial score (nSPS) is 12.0. The zero-order valence-corrected chi connectivity index (χ0v) is 19.3. The van der Waals surface area contributed by atoms with Crippen molar-refractivity contribution in [3.63, 3.8) is 0 Å². The molecular weight excluding hydrogens is 420 g/mol. The van der Waals surface area contributed by atoms with Gasteiger partial charge in [0.2, 0.25) is 5.96 Å². The van der Waals surface area contributed by atoms with Gasteiger partial charge in [0.25, 0.3) is 11.8 Å². The maximum atomic E-state index is 12.2. The minimum Gasteiger partial charge on any atom is -0.444 e. The molecule has 0 aliphatic rings. The largest absolute Gasteiger partial charge is 0.444 e. The molecule has 1 heterocycles. The highest BCUT2D eigenvalue weighted by Gasteiger charge is 2.18. The fraction of sp³-hybridized carbons (Fsp3) is 0.550. The molecule has 4 amide bonds. The lowest BCUT2D eigenvalue weighted by atomic mass is 10.2. The molecular formula is C20H32N6O6. The zero-order chi connectivity index (χ0) is 24.5. The molecule has 0 saturated carbocycles. The van der Waals surface area contributed by atoms with Crippen LogP contribution in [0.1, 0.15) is 68.9 Å². The van der Waals surface area contributed by atoms with Gasteiger partial charge < -0.3 is 30.8 Å². The standard InChI is InChI=1S/C20H32N6O6/c1-19(2,3)31-17(29)23-11-7-10-22-14(27)12-8-9-13(24-12)15(28)25-16(21)26-18(30)32-20(4,5)6/h8-9,24H,7,10-11H2,1-6H3,(H,22,27)(H,23,29)(H3,21,25,26,28,30). The second-order valence-electron chi connectivity index (χ2n) is 8.76. The number of aromatic nitrogens is 1. The van der Waals surface area contributed by atoms with Crippen molar-refractivity contribution in [3.8, 4) is 0 Å². The van der Waals surface area contributed by atoms with Crippen LogP contribution in [0.25, 0.3) is 0 Å². The summed E-state index contributed by atoms with van der Waals surface area (Å²) in [6.45, 7) is 10.9. The zero-order valence-electron chi connectivity index (χ0n) is 19.3. The summed E-state index contributed by atoms with van der Waals surface area (Å²) in [4.78, 5) is 53.6. The first-order chi connectivity index (χ1) is 14.7. The van der Waals surface area contributed by atoms with Crippen molar-refractivity contribution in [2.24, 2.45) is 10.7 Å². The number of aliphatic imine (C=N–C) groups is 1. The Morgan fingerprint density at radius 2 is 1.44 bits per heavy atom. The third kappa shape index (κ3) is 11.0. The molecule has 6 N–H and O–H groups in total. The minimum atomic E-state index is -0.942. The number of nitrogens with zero attached hydrogens (tertiary/aromatic N) is 1. The van der Waals surface area contributed by atoms with Crippen molar-refractivity contribution in [2.75, 3.05) is 13.1 Å². The monoisotopic (exact) mass is 452 g/mol. The van der Waals surface area contributed by atoms with Crippen molar-refractivity contribution in [1.29, 1.82) is 0 Å². The van der Waals surface area contributed by atoms with Crippen LogP contribution in [0.2, 0.25) is 0 Å². The lowest BCUT2D eigenvalue weighted by Crippen LogP contribution is -2.38. The minimum absolute atomic E-state index is 0.0454. The number of hydrogen-bond acceptors (Lipinski definition) is 6. The number of ether oxygens (including phenoxy) is 2. The Bertz CT molecular complexity index is 863. The van der Waals surface area contributed by atoms with E-state index in [2.05, 4.69) is 25.9 Å². The lowest BCUT2D eigenvalue weighted by molar-refractivity contribution is 0.0525. The number of carbonyl (C=O) groups excluding carboxylic acids is 4. The van der Waals surface area contributed by atoms with Gasteiger partial charge in [0.15, 0.2) is 0 Å². The van der Waals surface area contributed by atoms with Gasteiger partial charge in [0.05, 0.1) is 0 Å². The Balaban J connectivity index is 2.45. The first-order valence-electron chi connectivity index (χ1n) is 9.99. The van der Waals surface area contributed by atoms with E-state index in [1.54, 1.807) is 41.5 Å². The maximum Gasteiger partial charge on any atom is 0.437 e. The number of nitrogens with two attached hydrogens (primary N) is 1. The number of H-pyrrole nitrogens is 1. The summed E-state index contributed by atoms with van der Waals surface area (Å²) < 4.78 is 10.1. The molecule has 12 nitrogen and oxygen atoms in total. The first-order valence-corrected chi connectivity index (χ1v) is 9.99. The summed E-state index contributed by atoms with van der Waals surface area (Å²) >= 11 is 0. The van der Waals surface area contributed by atoms with E-state index < -0.39 is 41.2 Å². The summed E-state index contributed by atoms with van der Waals surface area (Å²) in [5.41, 5.74) is 4.40. The van der Waals surface area contributed by atoms with Crippen molar-refractivity contribution < 1.29 is 28.7 Å². The average Bonchev–Trinajstić information content (AvgIpc) is 3.08. The average molecular weight is 453 g/mol. The molecule has 0 radical (unpaired) electrons. The lowest BCUT2D eigenvalue weighted by Gasteiger charge is -2.19. The Morgan fingerprint density at radius 1 is 0.906 bits per heavy atom. The number of nitrogens with one attached hydrogen (secondary N) is 4. The maximum absolute atomic E-state index is 12.2. The Hall–Kier alpha value is -3.57. The highest BCUT2D eigenvalue weighted by Crippen LogP contribution is 2.08. The molecule has 0 atom stereocenters. The van der Waals surface area contributed by atoms with Crippen LogP contribution in [0.4, 0.5) is 9.59 Å². The SMILES string of the molecule is CC(C)(C)OC(=O)/N=C(/N)NC(=O)c1ccc(C(=O)NCCCNC(=O)OC(C)(C)C)[nH]1. The van der Waals surface area contributed by atoms with Gasteiger partial charge in [-0.05, 0) is 60.1 Å². The van der Waals surface area contributed by atoms with Gasteiger partial charge in [-0.15, -0.1) is 4.99 Å². The fourth-order valence-corrected chi connectivity index (χ4v) is 2.14. The number of amides is 4. The van der Waals surface area contributed by atoms with Crippen LogP contribution in [-0.2, 0) is 9.47 Å². The Labute approximate surface area is 186 Å². The van der Waals surface area contributed by atoms with E-state index in [0.717, 1.165) is 0 Å². The Morgan fingerprint density at radius 3 is 2.00 bits per heavy atom. The third-order valence-corrected chi connectivity index (χ3v) is 3.33. The van der Waals surface area contributed by atoms with E-state index in [1.807, 2.05) is 0 Å².